The number of hydrogen-bond acceptors (Lipinski definition) is 5. The third kappa shape index (κ3) is 3.91. The molecule has 2 heterocycles. The molecule has 2 rings (SSSR count). The minimum Gasteiger partial charge on any atom is -0.480 e. The zero-order valence-electron chi connectivity index (χ0n) is 11.1. The van der Waals surface area contributed by atoms with E-state index in [1.54, 1.807) is 0 Å². The lowest BCUT2D eigenvalue weighted by Crippen LogP contribution is -2.59. The molecule has 1 atom stereocenters. The van der Waals surface area contributed by atoms with Gasteiger partial charge in [0.1, 0.15) is 6.04 Å². The quantitative estimate of drug-likeness (QED) is 0.560. The molecule has 2 fully saturated rings. The number of amides is 2. The van der Waals surface area contributed by atoms with Gasteiger partial charge in [-0.05, 0) is 12.8 Å². The van der Waals surface area contributed by atoms with Gasteiger partial charge < -0.3 is 20.5 Å². The molecule has 0 aromatic carbocycles. The number of carbonyl (C=O) groups is 3. The zero-order chi connectivity index (χ0) is 14.5. The van der Waals surface area contributed by atoms with Crippen LogP contribution >= 0.6 is 0 Å². The fourth-order valence-corrected chi connectivity index (χ4v) is 2.40. The highest BCUT2D eigenvalue weighted by Gasteiger charge is 2.33. The number of carboxylic acids is 1. The summed E-state index contributed by atoms with van der Waals surface area (Å²) in [5, 5.41) is 14.4. The molecule has 0 bridgehead atoms. The zero-order valence-corrected chi connectivity index (χ0v) is 11.1. The summed E-state index contributed by atoms with van der Waals surface area (Å²) in [7, 11) is 0. The van der Waals surface area contributed by atoms with Crippen molar-refractivity contribution in [1.82, 2.24) is 15.5 Å². The van der Waals surface area contributed by atoms with Gasteiger partial charge in [0.25, 0.3) is 0 Å². The first-order chi connectivity index (χ1) is 9.56. The largest absolute Gasteiger partial charge is 0.480 e. The van der Waals surface area contributed by atoms with Crippen LogP contribution in [0.4, 0.5) is 0 Å². The molecule has 2 aliphatic heterocycles. The van der Waals surface area contributed by atoms with Crippen LogP contribution in [0.5, 0.6) is 0 Å². The summed E-state index contributed by atoms with van der Waals surface area (Å²) in [4.78, 5) is 35.7. The van der Waals surface area contributed by atoms with Gasteiger partial charge in [0.2, 0.25) is 11.8 Å². The molecule has 0 aliphatic carbocycles. The standard InChI is InChI=1S/C12H19N3O5/c16-10-6-15(9(5-13-10)12(18)19)7-11(17)14-8-1-3-20-4-2-8/h8-9H,1-7H2,(H,13,16)(H,14,17)(H,18,19). The summed E-state index contributed by atoms with van der Waals surface area (Å²) in [5.41, 5.74) is 0. The Morgan fingerprint density at radius 2 is 2.10 bits per heavy atom. The molecule has 112 valence electrons. The third-order valence-electron chi connectivity index (χ3n) is 3.50. The molecule has 2 saturated heterocycles. The average molecular weight is 285 g/mol. The first-order valence-electron chi connectivity index (χ1n) is 6.67. The highest BCUT2D eigenvalue weighted by molar-refractivity contribution is 5.85. The first-order valence-corrected chi connectivity index (χ1v) is 6.67. The fraction of sp³-hybridized carbons (Fsp3) is 0.750. The summed E-state index contributed by atoms with van der Waals surface area (Å²) < 4.78 is 5.20. The number of carbonyl (C=O) groups excluding carboxylic acids is 2. The van der Waals surface area contributed by atoms with Crippen molar-refractivity contribution in [2.45, 2.75) is 24.9 Å². The number of nitrogens with zero attached hydrogens (tertiary/aromatic N) is 1. The van der Waals surface area contributed by atoms with Gasteiger partial charge in [0.05, 0.1) is 13.1 Å². The smallest absolute Gasteiger partial charge is 0.322 e. The Morgan fingerprint density at radius 3 is 2.75 bits per heavy atom. The van der Waals surface area contributed by atoms with E-state index in [0.29, 0.717) is 13.2 Å². The molecule has 8 heteroatoms. The van der Waals surface area contributed by atoms with E-state index in [9.17, 15) is 14.4 Å². The summed E-state index contributed by atoms with van der Waals surface area (Å²) >= 11 is 0. The number of aliphatic carboxylic acids is 1. The Balaban J connectivity index is 1.86. The second-order valence-corrected chi connectivity index (χ2v) is 5.02. The lowest BCUT2D eigenvalue weighted by atomic mass is 10.1. The number of nitrogens with one attached hydrogen (secondary N) is 2. The van der Waals surface area contributed by atoms with Crippen molar-refractivity contribution in [2.75, 3.05) is 32.8 Å². The van der Waals surface area contributed by atoms with E-state index >= 15 is 0 Å². The summed E-state index contributed by atoms with van der Waals surface area (Å²) in [6.45, 7) is 1.11. The molecule has 0 aromatic heterocycles. The molecule has 0 saturated carbocycles. The molecule has 0 aromatic rings. The Kier molecular flexibility index (Phi) is 4.91. The van der Waals surface area contributed by atoms with Gasteiger partial charge >= 0.3 is 5.97 Å². The Bertz CT molecular complexity index is 395. The lowest BCUT2D eigenvalue weighted by Gasteiger charge is -2.32. The van der Waals surface area contributed by atoms with Crippen LogP contribution in [0, 0.1) is 0 Å². The molecular formula is C12H19N3O5. The van der Waals surface area contributed by atoms with Crippen molar-refractivity contribution in [1.29, 1.82) is 0 Å². The van der Waals surface area contributed by atoms with E-state index in [-0.39, 0.29) is 37.5 Å². The maximum absolute atomic E-state index is 11.9. The Morgan fingerprint density at radius 1 is 1.40 bits per heavy atom. The molecule has 0 spiro atoms. The minimum atomic E-state index is -1.04. The van der Waals surface area contributed by atoms with E-state index in [4.69, 9.17) is 9.84 Å². The van der Waals surface area contributed by atoms with Crippen LogP contribution in [0.3, 0.4) is 0 Å². The summed E-state index contributed by atoms with van der Waals surface area (Å²) in [6.07, 6.45) is 1.52. The van der Waals surface area contributed by atoms with E-state index in [2.05, 4.69) is 10.6 Å². The SMILES string of the molecule is O=C1CN(CC(=O)NC2CCOCC2)C(C(=O)O)CN1. The van der Waals surface area contributed by atoms with E-state index in [1.165, 1.54) is 4.90 Å². The molecule has 2 amide bonds. The molecule has 0 radical (unpaired) electrons. The number of piperazine rings is 1. The van der Waals surface area contributed by atoms with Crippen molar-refractivity contribution < 1.29 is 24.2 Å². The van der Waals surface area contributed by atoms with Crippen LogP contribution in [0.15, 0.2) is 0 Å². The monoisotopic (exact) mass is 285 g/mol. The molecule has 1 unspecified atom stereocenters. The van der Waals surface area contributed by atoms with Crippen LogP contribution in [-0.2, 0) is 19.1 Å². The van der Waals surface area contributed by atoms with Crippen LogP contribution in [0.1, 0.15) is 12.8 Å². The van der Waals surface area contributed by atoms with Gasteiger partial charge in [-0.1, -0.05) is 0 Å². The van der Waals surface area contributed by atoms with Gasteiger partial charge in [-0.25, -0.2) is 0 Å². The van der Waals surface area contributed by atoms with Gasteiger partial charge in [-0.3, -0.25) is 19.3 Å². The molecule has 20 heavy (non-hydrogen) atoms. The molecular weight excluding hydrogens is 266 g/mol. The van der Waals surface area contributed by atoms with E-state index < -0.39 is 12.0 Å². The van der Waals surface area contributed by atoms with Gasteiger partial charge in [-0.15, -0.1) is 0 Å². The maximum Gasteiger partial charge on any atom is 0.322 e. The van der Waals surface area contributed by atoms with Crippen molar-refractivity contribution in [3.05, 3.63) is 0 Å². The molecule has 3 N–H and O–H groups in total. The molecule has 8 nitrogen and oxygen atoms in total. The van der Waals surface area contributed by atoms with Gasteiger partial charge in [0.15, 0.2) is 0 Å². The first kappa shape index (κ1) is 14.7. The average Bonchev–Trinajstić information content (AvgIpc) is 2.39. The lowest BCUT2D eigenvalue weighted by molar-refractivity contribution is -0.146. The topological polar surface area (TPSA) is 108 Å². The van der Waals surface area contributed by atoms with Crippen LogP contribution < -0.4 is 10.6 Å². The summed E-state index contributed by atoms with van der Waals surface area (Å²) in [6, 6.07) is -0.786. The second-order valence-electron chi connectivity index (χ2n) is 5.02. The van der Waals surface area contributed by atoms with Crippen LogP contribution in [-0.4, -0.2) is 72.7 Å². The number of carboxylic acid groups (broad SMARTS) is 1. The van der Waals surface area contributed by atoms with Crippen molar-refractivity contribution >= 4 is 17.8 Å². The van der Waals surface area contributed by atoms with Crippen LogP contribution in [0.25, 0.3) is 0 Å². The van der Waals surface area contributed by atoms with Crippen LogP contribution in [0.2, 0.25) is 0 Å². The maximum atomic E-state index is 11.9. The van der Waals surface area contributed by atoms with Crippen molar-refractivity contribution in [3.8, 4) is 0 Å². The number of ether oxygens (including phenoxy) is 1. The fourth-order valence-electron chi connectivity index (χ4n) is 2.40. The second kappa shape index (κ2) is 6.67. The predicted octanol–water partition coefficient (Wildman–Crippen LogP) is -1.83. The number of rotatable bonds is 4. The highest BCUT2D eigenvalue weighted by Crippen LogP contribution is 2.07. The highest BCUT2D eigenvalue weighted by atomic mass is 16.5. The van der Waals surface area contributed by atoms with Crippen molar-refractivity contribution in [2.24, 2.45) is 0 Å². The Labute approximate surface area is 116 Å². The van der Waals surface area contributed by atoms with Gasteiger partial charge in [-0.2, -0.15) is 0 Å². The van der Waals surface area contributed by atoms with E-state index in [0.717, 1.165) is 12.8 Å². The third-order valence-corrected chi connectivity index (χ3v) is 3.50. The predicted molar refractivity (Wildman–Crippen MR) is 68.0 cm³/mol. The van der Waals surface area contributed by atoms with Crippen molar-refractivity contribution in [3.63, 3.8) is 0 Å². The number of hydrogen-bond donors (Lipinski definition) is 3. The molecule has 2 aliphatic rings. The summed E-state index contributed by atoms with van der Waals surface area (Å²) in [5.74, 6) is -1.55. The minimum absolute atomic E-state index is 0.0265. The normalized spacial score (nSPS) is 25.0. The van der Waals surface area contributed by atoms with Gasteiger partial charge in [0, 0.05) is 25.8 Å². The Hall–Kier alpha value is -1.67. The van der Waals surface area contributed by atoms with E-state index in [1.807, 2.05) is 0 Å².